The van der Waals surface area contributed by atoms with E-state index in [0.29, 0.717) is 54.3 Å². The van der Waals surface area contributed by atoms with Gasteiger partial charge in [-0.25, -0.2) is 4.79 Å². The molecular weight excluding hydrogens is 430 g/mol. The molecule has 1 aromatic heterocycles. The average molecular weight is 456 g/mol. The molecular formula is C25H26ClNO5. The zero-order valence-corrected chi connectivity index (χ0v) is 18.9. The number of rotatable bonds is 5. The minimum atomic E-state index is -0.960. The van der Waals surface area contributed by atoms with Crippen LogP contribution >= 0.6 is 11.6 Å². The number of aryl methyl sites for hydroxylation is 1. The van der Waals surface area contributed by atoms with E-state index < -0.39 is 11.2 Å². The summed E-state index contributed by atoms with van der Waals surface area (Å²) in [6.07, 6.45) is 1.44. The molecule has 32 heavy (non-hydrogen) atoms. The van der Waals surface area contributed by atoms with Crippen LogP contribution in [0, 0.1) is 6.92 Å². The van der Waals surface area contributed by atoms with Crippen LogP contribution in [0.15, 0.2) is 51.7 Å². The SMILES string of the molecule is COc1ccc2c(C)c(CCC(=O)N3CCC(O)(c4ccc(Cl)cc4)CC3)c(=O)oc2c1. The van der Waals surface area contributed by atoms with Crippen LogP contribution in [0.2, 0.25) is 5.02 Å². The monoisotopic (exact) mass is 455 g/mol. The molecule has 7 heteroatoms. The van der Waals surface area contributed by atoms with E-state index in [4.69, 9.17) is 20.8 Å². The second kappa shape index (κ2) is 8.96. The van der Waals surface area contributed by atoms with Crippen LogP contribution in [0.4, 0.5) is 0 Å². The van der Waals surface area contributed by atoms with Crippen molar-refractivity contribution in [2.24, 2.45) is 0 Å². The van der Waals surface area contributed by atoms with Crippen LogP contribution in [0.1, 0.15) is 36.0 Å². The molecule has 1 fully saturated rings. The van der Waals surface area contributed by atoms with E-state index in [0.717, 1.165) is 16.5 Å². The number of hydrogen-bond acceptors (Lipinski definition) is 5. The lowest BCUT2D eigenvalue weighted by Crippen LogP contribution is -2.45. The second-order valence-electron chi connectivity index (χ2n) is 8.27. The zero-order valence-electron chi connectivity index (χ0n) is 18.2. The fourth-order valence-electron chi connectivity index (χ4n) is 4.36. The lowest BCUT2D eigenvalue weighted by Gasteiger charge is -2.38. The number of nitrogens with zero attached hydrogens (tertiary/aromatic N) is 1. The van der Waals surface area contributed by atoms with Crippen LogP contribution in [0.25, 0.3) is 11.0 Å². The minimum Gasteiger partial charge on any atom is -0.497 e. The maximum absolute atomic E-state index is 12.8. The molecule has 0 bridgehead atoms. The van der Waals surface area contributed by atoms with Gasteiger partial charge in [-0.1, -0.05) is 23.7 Å². The number of amides is 1. The van der Waals surface area contributed by atoms with E-state index in [1.807, 2.05) is 31.2 Å². The number of carbonyl (C=O) groups excluding carboxylic acids is 1. The number of ether oxygens (including phenoxy) is 1. The molecule has 2 heterocycles. The van der Waals surface area contributed by atoms with Crippen LogP contribution < -0.4 is 10.4 Å². The van der Waals surface area contributed by atoms with Gasteiger partial charge in [0.1, 0.15) is 11.3 Å². The number of aliphatic hydroxyl groups is 1. The molecule has 0 aliphatic carbocycles. The van der Waals surface area contributed by atoms with Gasteiger partial charge in [-0.15, -0.1) is 0 Å². The largest absolute Gasteiger partial charge is 0.497 e. The third kappa shape index (κ3) is 4.38. The predicted octanol–water partition coefficient (Wildman–Crippen LogP) is 4.21. The van der Waals surface area contributed by atoms with Crippen LogP contribution in [-0.2, 0) is 16.8 Å². The summed E-state index contributed by atoms with van der Waals surface area (Å²) in [5, 5.41) is 12.5. The first-order valence-corrected chi connectivity index (χ1v) is 11.0. The number of piperidine rings is 1. The van der Waals surface area contributed by atoms with Gasteiger partial charge in [0.2, 0.25) is 5.91 Å². The Balaban J connectivity index is 1.42. The number of carbonyl (C=O) groups is 1. The summed E-state index contributed by atoms with van der Waals surface area (Å²) >= 11 is 5.94. The van der Waals surface area contributed by atoms with Crippen molar-refractivity contribution in [3.8, 4) is 5.75 Å². The van der Waals surface area contributed by atoms with Crippen molar-refractivity contribution < 1.29 is 19.1 Å². The highest BCUT2D eigenvalue weighted by molar-refractivity contribution is 6.30. The van der Waals surface area contributed by atoms with E-state index in [2.05, 4.69) is 0 Å². The van der Waals surface area contributed by atoms with E-state index in [1.165, 1.54) is 0 Å². The summed E-state index contributed by atoms with van der Waals surface area (Å²) in [4.78, 5) is 27.1. The molecule has 3 aromatic rings. The number of methoxy groups -OCH3 is 1. The summed E-state index contributed by atoms with van der Waals surface area (Å²) in [6.45, 7) is 2.80. The minimum absolute atomic E-state index is 0.0308. The van der Waals surface area contributed by atoms with E-state index in [1.54, 1.807) is 30.2 Å². The molecule has 4 rings (SSSR count). The molecule has 0 radical (unpaired) electrons. The Morgan fingerprint density at radius 1 is 1.19 bits per heavy atom. The summed E-state index contributed by atoms with van der Waals surface area (Å²) in [5.41, 5.74) is 1.24. The summed E-state index contributed by atoms with van der Waals surface area (Å²) in [6, 6.07) is 12.6. The zero-order chi connectivity index (χ0) is 22.9. The predicted molar refractivity (Wildman–Crippen MR) is 123 cm³/mol. The van der Waals surface area contributed by atoms with Gasteiger partial charge < -0.3 is 19.2 Å². The molecule has 0 atom stereocenters. The van der Waals surface area contributed by atoms with E-state index in [-0.39, 0.29) is 12.3 Å². The standard InChI is InChI=1S/C25H26ClNO5/c1-16-20-8-7-19(31-2)15-22(20)32-24(29)21(16)9-10-23(28)27-13-11-25(30,12-14-27)17-3-5-18(26)6-4-17/h3-8,15,30H,9-14H2,1-2H3. The fourth-order valence-corrected chi connectivity index (χ4v) is 4.48. The van der Waals surface area contributed by atoms with Crippen LogP contribution in [0.5, 0.6) is 5.75 Å². The van der Waals surface area contributed by atoms with Crippen molar-refractivity contribution in [1.29, 1.82) is 0 Å². The maximum atomic E-state index is 12.8. The molecule has 1 N–H and O–H groups in total. The molecule has 0 unspecified atom stereocenters. The summed E-state index contributed by atoms with van der Waals surface area (Å²) < 4.78 is 10.7. The Morgan fingerprint density at radius 2 is 1.88 bits per heavy atom. The van der Waals surface area contributed by atoms with Crippen molar-refractivity contribution in [3.05, 3.63) is 74.6 Å². The maximum Gasteiger partial charge on any atom is 0.339 e. The lowest BCUT2D eigenvalue weighted by atomic mass is 9.84. The van der Waals surface area contributed by atoms with Crippen molar-refractivity contribution in [2.45, 2.75) is 38.2 Å². The molecule has 1 aliphatic rings. The average Bonchev–Trinajstić information content (AvgIpc) is 2.79. The Hall–Kier alpha value is -2.83. The van der Waals surface area contributed by atoms with E-state index >= 15 is 0 Å². The third-order valence-corrected chi connectivity index (χ3v) is 6.66. The van der Waals surface area contributed by atoms with Crippen LogP contribution in [0.3, 0.4) is 0 Å². The highest BCUT2D eigenvalue weighted by Gasteiger charge is 2.35. The Morgan fingerprint density at radius 3 is 2.53 bits per heavy atom. The Kier molecular flexibility index (Phi) is 6.26. The fraction of sp³-hybridized carbons (Fsp3) is 0.360. The van der Waals surface area contributed by atoms with Gasteiger partial charge in [-0.05, 0) is 61.6 Å². The van der Waals surface area contributed by atoms with Crippen molar-refractivity contribution in [3.63, 3.8) is 0 Å². The Bertz CT molecular complexity index is 1190. The molecule has 6 nitrogen and oxygen atoms in total. The smallest absolute Gasteiger partial charge is 0.339 e. The van der Waals surface area contributed by atoms with Gasteiger partial charge in [-0.2, -0.15) is 0 Å². The topological polar surface area (TPSA) is 80.0 Å². The van der Waals surface area contributed by atoms with Crippen molar-refractivity contribution in [2.75, 3.05) is 20.2 Å². The lowest BCUT2D eigenvalue weighted by molar-refractivity contribution is -0.135. The number of fused-ring (bicyclic) bond motifs is 1. The Labute approximate surface area is 191 Å². The molecule has 1 amide bonds. The molecule has 1 saturated heterocycles. The van der Waals surface area contributed by atoms with Gasteiger partial charge in [0.05, 0.1) is 12.7 Å². The molecule has 0 spiro atoms. The summed E-state index contributed by atoms with van der Waals surface area (Å²) in [5.74, 6) is 0.586. The van der Waals surface area contributed by atoms with Gasteiger partial charge in [-0.3, -0.25) is 4.79 Å². The second-order valence-corrected chi connectivity index (χ2v) is 8.71. The quantitative estimate of drug-likeness (QED) is 0.583. The van der Waals surface area contributed by atoms with Gasteiger partial charge in [0.25, 0.3) is 0 Å². The first-order chi connectivity index (χ1) is 15.3. The van der Waals surface area contributed by atoms with E-state index in [9.17, 15) is 14.7 Å². The molecule has 2 aromatic carbocycles. The summed E-state index contributed by atoms with van der Waals surface area (Å²) in [7, 11) is 1.56. The third-order valence-electron chi connectivity index (χ3n) is 6.41. The first kappa shape index (κ1) is 22.4. The van der Waals surface area contributed by atoms with Crippen molar-refractivity contribution in [1.82, 2.24) is 4.90 Å². The molecule has 168 valence electrons. The molecule has 1 aliphatic heterocycles. The molecule has 0 saturated carbocycles. The van der Waals surface area contributed by atoms with Gasteiger partial charge in [0, 0.05) is 41.5 Å². The number of halogens is 1. The number of hydrogen-bond donors (Lipinski definition) is 1. The van der Waals surface area contributed by atoms with Crippen LogP contribution in [-0.4, -0.2) is 36.1 Å². The number of likely N-dealkylation sites (tertiary alicyclic amines) is 1. The first-order valence-electron chi connectivity index (χ1n) is 10.7. The van der Waals surface area contributed by atoms with Crippen molar-refractivity contribution >= 4 is 28.5 Å². The highest BCUT2D eigenvalue weighted by Crippen LogP contribution is 2.33. The highest BCUT2D eigenvalue weighted by atomic mass is 35.5. The normalized spacial score (nSPS) is 15.7. The van der Waals surface area contributed by atoms with Gasteiger partial charge >= 0.3 is 5.63 Å². The number of benzene rings is 2. The van der Waals surface area contributed by atoms with Gasteiger partial charge in [0.15, 0.2) is 0 Å².